The minimum Gasteiger partial charge on any atom is -0.391 e. The number of aliphatic hydroxyl groups excluding tert-OH is 1. The number of carbonyl (C=O) groups excluding carboxylic acids is 1. The molecule has 0 radical (unpaired) electrons. The summed E-state index contributed by atoms with van der Waals surface area (Å²) in [6, 6.07) is 9.08. The van der Waals surface area contributed by atoms with Crippen LogP contribution < -0.4 is 5.32 Å². The van der Waals surface area contributed by atoms with E-state index in [0.717, 1.165) is 5.69 Å². The molecule has 0 spiro atoms. The molecule has 0 aliphatic carbocycles. The predicted molar refractivity (Wildman–Crippen MR) is 56.4 cm³/mol. The van der Waals surface area contributed by atoms with E-state index in [-0.39, 0.29) is 18.2 Å². The summed E-state index contributed by atoms with van der Waals surface area (Å²) in [6.45, 7) is 0. The molecule has 0 aliphatic rings. The molecular formula is C10H12ClNO2. The van der Waals surface area contributed by atoms with Gasteiger partial charge in [-0.05, 0) is 12.1 Å². The molecule has 0 saturated carbocycles. The van der Waals surface area contributed by atoms with E-state index in [2.05, 4.69) is 5.32 Å². The first-order valence-corrected chi connectivity index (χ1v) is 4.84. The Kier molecular flexibility index (Phi) is 4.43. The summed E-state index contributed by atoms with van der Waals surface area (Å²) in [5, 5.41) is 11.8. The van der Waals surface area contributed by atoms with Crippen molar-refractivity contribution in [3.63, 3.8) is 0 Å². The number of benzene rings is 1. The predicted octanol–water partition coefficient (Wildman–Crippen LogP) is 1.61. The first-order chi connectivity index (χ1) is 6.72. The zero-order valence-corrected chi connectivity index (χ0v) is 8.37. The fourth-order valence-corrected chi connectivity index (χ4v) is 1.11. The third-order valence-electron chi connectivity index (χ3n) is 1.66. The number of amides is 1. The van der Waals surface area contributed by atoms with Gasteiger partial charge in [-0.25, -0.2) is 0 Å². The van der Waals surface area contributed by atoms with E-state index in [1.165, 1.54) is 0 Å². The molecular weight excluding hydrogens is 202 g/mol. The number of para-hydroxylation sites is 1. The van der Waals surface area contributed by atoms with Gasteiger partial charge in [0.1, 0.15) is 0 Å². The molecule has 2 N–H and O–H groups in total. The Morgan fingerprint density at radius 1 is 1.43 bits per heavy atom. The number of hydrogen-bond acceptors (Lipinski definition) is 2. The van der Waals surface area contributed by atoms with Crippen LogP contribution in [0, 0.1) is 0 Å². The molecule has 0 unspecified atom stereocenters. The van der Waals surface area contributed by atoms with Crippen molar-refractivity contribution in [2.45, 2.75) is 12.5 Å². The van der Waals surface area contributed by atoms with Gasteiger partial charge >= 0.3 is 0 Å². The normalized spacial score (nSPS) is 12.1. The molecule has 0 fully saturated rings. The van der Waals surface area contributed by atoms with Crippen molar-refractivity contribution < 1.29 is 9.90 Å². The Hall–Kier alpha value is -1.06. The summed E-state index contributed by atoms with van der Waals surface area (Å²) < 4.78 is 0. The Morgan fingerprint density at radius 3 is 2.64 bits per heavy atom. The highest BCUT2D eigenvalue weighted by molar-refractivity contribution is 6.18. The maximum atomic E-state index is 11.3. The number of rotatable bonds is 4. The molecule has 4 heteroatoms. The smallest absolute Gasteiger partial charge is 0.227 e. The fourth-order valence-electron chi connectivity index (χ4n) is 1.00. The first kappa shape index (κ1) is 11.0. The lowest BCUT2D eigenvalue weighted by atomic mass is 10.2. The van der Waals surface area contributed by atoms with Crippen molar-refractivity contribution >= 4 is 23.2 Å². The highest BCUT2D eigenvalue weighted by Gasteiger charge is 2.09. The number of halogens is 1. The Bertz CT molecular complexity index is 289. The summed E-state index contributed by atoms with van der Waals surface area (Å²) in [5.41, 5.74) is 0.722. The van der Waals surface area contributed by atoms with Gasteiger partial charge in [0.25, 0.3) is 0 Å². The van der Waals surface area contributed by atoms with Crippen molar-refractivity contribution in [1.82, 2.24) is 0 Å². The largest absolute Gasteiger partial charge is 0.391 e. The second-order valence-corrected chi connectivity index (χ2v) is 3.24. The van der Waals surface area contributed by atoms with Gasteiger partial charge in [0.15, 0.2) is 0 Å². The third-order valence-corrected chi connectivity index (χ3v) is 2.01. The highest BCUT2D eigenvalue weighted by atomic mass is 35.5. The van der Waals surface area contributed by atoms with Crippen LogP contribution in [0.4, 0.5) is 5.69 Å². The van der Waals surface area contributed by atoms with Crippen LogP contribution in [0.1, 0.15) is 6.42 Å². The summed E-state index contributed by atoms with van der Waals surface area (Å²) in [7, 11) is 0. The maximum Gasteiger partial charge on any atom is 0.227 e. The van der Waals surface area contributed by atoms with Crippen LogP contribution in [-0.4, -0.2) is 23.0 Å². The monoisotopic (exact) mass is 213 g/mol. The van der Waals surface area contributed by atoms with Crippen LogP contribution in [0.15, 0.2) is 30.3 Å². The van der Waals surface area contributed by atoms with Crippen molar-refractivity contribution in [2.75, 3.05) is 11.2 Å². The van der Waals surface area contributed by atoms with Crippen molar-refractivity contribution in [1.29, 1.82) is 0 Å². The van der Waals surface area contributed by atoms with Crippen LogP contribution in [0.3, 0.4) is 0 Å². The van der Waals surface area contributed by atoms with Crippen LogP contribution in [0.25, 0.3) is 0 Å². The lowest BCUT2D eigenvalue weighted by Gasteiger charge is -2.07. The van der Waals surface area contributed by atoms with Gasteiger partial charge < -0.3 is 10.4 Å². The Balaban J connectivity index is 2.42. The van der Waals surface area contributed by atoms with Gasteiger partial charge in [-0.1, -0.05) is 18.2 Å². The van der Waals surface area contributed by atoms with Gasteiger partial charge in [0.2, 0.25) is 5.91 Å². The van der Waals surface area contributed by atoms with Crippen LogP contribution in [0.5, 0.6) is 0 Å². The molecule has 0 aliphatic heterocycles. The lowest BCUT2D eigenvalue weighted by molar-refractivity contribution is -0.117. The Labute approximate surface area is 87.7 Å². The van der Waals surface area contributed by atoms with Crippen molar-refractivity contribution in [2.24, 2.45) is 0 Å². The lowest BCUT2D eigenvalue weighted by Crippen LogP contribution is -2.20. The van der Waals surface area contributed by atoms with E-state index in [4.69, 9.17) is 16.7 Å². The number of alkyl halides is 1. The molecule has 1 aromatic rings. The zero-order chi connectivity index (χ0) is 10.4. The quantitative estimate of drug-likeness (QED) is 0.747. The van der Waals surface area contributed by atoms with E-state index in [0.29, 0.717) is 0 Å². The van der Waals surface area contributed by atoms with Gasteiger partial charge in [-0.15, -0.1) is 11.6 Å². The second-order valence-electron chi connectivity index (χ2n) is 2.93. The molecule has 1 aromatic carbocycles. The molecule has 0 bridgehead atoms. The van der Waals surface area contributed by atoms with Gasteiger partial charge in [-0.3, -0.25) is 4.79 Å². The van der Waals surface area contributed by atoms with Gasteiger partial charge in [0, 0.05) is 11.6 Å². The molecule has 3 nitrogen and oxygen atoms in total. The number of carbonyl (C=O) groups is 1. The average Bonchev–Trinajstić information content (AvgIpc) is 2.19. The average molecular weight is 214 g/mol. The minimum atomic E-state index is -0.777. The molecule has 1 rings (SSSR count). The summed E-state index contributed by atoms with van der Waals surface area (Å²) in [4.78, 5) is 11.3. The number of aliphatic hydroxyl groups is 1. The van der Waals surface area contributed by atoms with E-state index in [9.17, 15) is 4.79 Å². The van der Waals surface area contributed by atoms with Gasteiger partial charge in [-0.2, -0.15) is 0 Å². The van der Waals surface area contributed by atoms with E-state index < -0.39 is 6.10 Å². The summed E-state index contributed by atoms with van der Waals surface area (Å²) in [6.07, 6.45) is -0.751. The molecule has 0 aromatic heterocycles. The number of nitrogens with one attached hydrogen (secondary N) is 1. The topological polar surface area (TPSA) is 49.3 Å². The van der Waals surface area contributed by atoms with Crippen LogP contribution >= 0.6 is 11.6 Å². The number of hydrogen-bond donors (Lipinski definition) is 2. The molecule has 1 atom stereocenters. The molecule has 76 valence electrons. The standard InChI is InChI=1S/C10H12ClNO2/c11-7-9(13)6-10(14)12-8-4-2-1-3-5-8/h1-5,9,13H,6-7H2,(H,12,14)/t9-/m1/s1. The Morgan fingerprint density at radius 2 is 2.07 bits per heavy atom. The van der Waals surface area contributed by atoms with E-state index >= 15 is 0 Å². The molecule has 0 heterocycles. The van der Waals surface area contributed by atoms with Crippen molar-refractivity contribution in [3.05, 3.63) is 30.3 Å². The zero-order valence-electron chi connectivity index (χ0n) is 7.61. The fraction of sp³-hybridized carbons (Fsp3) is 0.300. The maximum absolute atomic E-state index is 11.3. The van der Waals surface area contributed by atoms with Crippen LogP contribution in [-0.2, 0) is 4.79 Å². The van der Waals surface area contributed by atoms with E-state index in [1.54, 1.807) is 12.1 Å². The van der Waals surface area contributed by atoms with Crippen molar-refractivity contribution in [3.8, 4) is 0 Å². The second kappa shape index (κ2) is 5.62. The third kappa shape index (κ3) is 3.77. The summed E-state index contributed by atoms with van der Waals surface area (Å²) >= 11 is 5.37. The molecule has 0 saturated heterocycles. The molecule has 14 heavy (non-hydrogen) atoms. The highest BCUT2D eigenvalue weighted by Crippen LogP contribution is 2.06. The molecule has 1 amide bonds. The SMILES string of the molecule is O=C(C[C@@H](O)CCl)Nc1ccccc1. The van der Waals surface area contributed by atoms with Gasteiger partial charge in [0.05, 0.1) is 12.5 Å². The van der Waals surface area contributed by atoms with E-state index in [1.807, 2.05) is 18.2 Å². The summed E-state index contributed by atoms with van der Waals surface area (Å²) in [5.74, 6) is -0.160. The number of anilines is 1. The first-order valence-electron chi connectivity index (χ1n) is 4.31. The minimum absolute atomic E-state index is 0.0262. The van der Waals surface area contributed by atoms with Crippen LogP contribution in [0.2, 0.25) is 0 Å².